The lowest BCUT2D eigenvalue weighted by Gasteiger charge is -2.11. The fourth-order valence-corrected chi connectivity index (χ4v) is 4.87. The van der Waals surface area contributed by atoms with Crippen molar-refractivity contribution in [3.63, 3.8) is 0 Å². The lowest BCUT2D eigenvalue weighted by atomic mass is 10.3. The molecule has 0 atom stereocenters. The maximum atomic E-state index is 13.0. The molecule has 0 amide bonds. The van der Waals surface area contributed by atoms with E-state index in [0.717, 1.165) is 11.0 Å². The topological polar surface area (TPSA) is 123 Å². The zero-order valence-corrected chi connectivity index (χ0v) is 18.1. The van der Waals surface area contributed by atoms with E-state index in [1.54, 1.807) is 12.4 Å². The molecule has 0 bridgehead atoms. The quantitative estimate of drug-likeness (QED) is 0.416. The van der Waals surface area contributed by atoms with E-state index < -0.39 is 15.4 Å². The summed E-state index contributed by atoms with van der Waals surface area (Å²) in [4.78, 5) is 28.5. The normalized spacial score (nSPS) is 11.8. The van der Waals surface area contributed by atoms with Crippen LogP contribution in [0, 0.1) is 0 Å². The van der Waals surface area contributed by atoms with Gasteiger partial charge in [0.05, 0.1) is 16.8 Å². The fraction of sp³-hybridized carbons (Fsp3) is 0.0476. The van der Waals surface area contributed by atoms with Gasteiger partial charge in [-0.3, -0.25) is 9.36 Å². The third-order valence-electron chi connectivity index (χ3n) is 4.99. The first-order valence-electron chi connectivity index (χ1n) is 9.40. The molecule has 1 aromatic carbocycles. The second-order valence-electron chi connectivity index (χ2n) is 7.07. The minimum atomic E-state index is -4.05. The number of fused-ring (bicyclic) bond motifs is 2. The molecule has 0 aliphatic rings. The number of halogens is 1. The molecule has 0 radical (unpaired) electrons. The Morgan fingerprint density at radius 3 is 2.59 bits per heavy atom. The largest absolute Gasteiger partial charge is 0.346 e. The lowest BCUT2D eigenvalue weighted by Crippen LogP contribution is -2.25. The van der Waals surface area contributed by atoms with Crippen LogP contribution in [-0.2, 0) is 16.9 Å². The summed E-state index contributed by atoms with van der Waals surface area (Å²) in [6, 6.07) is 10.7. The molecule has 0 unspecified atom stereocenters. The molecule has 11 heteroatoms. The van der Waals surface area contributed by atoms with Crippen molar-refractivity contribution in [2.75, 3.05) is 5.32 Å². The monoisotopic (exact) mass is 466 g/mol. The van der Waals surface area contributed by atoms with Crippen molar-refractivity contribution in [3.05, 3.63) is 76.4 Å². The summed E-state index contributed by atoms with van der Waals surface area (Å²) >= 11 is 5.85. The summed E-state index contributed by atoms with van der Waals surface area (Å²) in [5.41, 5.74) is 1.03. The minimum Gasteiger partial charge on any atom is -0.346 e. The van der Waals surface area contributed by atoms with Crippen molar-refractivity contribution >= 4 is 55.1 Å². The van der Waals surface area contributed by atoms with E-state index in [1.165, 1.54) is 48.1 Å². The SMILES string of the molecule is Cn1c(=O)c(S(=O)(=O)c2ccc(Cl)cc2)cc2cnc(Nc3cnc4[nH]ccc4c3)nc21. The van der Waals surface area contributed by atoms with E-state index in [2.05, 4.69) is 25.3 Å². The van der Waals surface area contributed by atoms with Gasteiger partial charge in [0, 0.05) is 35.2 Å². The zero-order valence-electron chi connectivity index (χ0n) is 16.6. The fourth-order valence-electron chi connectivity index (χ4n) is 3.35. The minimum absolute atomic E-state index is 0.0230. The number of aromatic amines is 1. The molecule has 4 aromatic heterocycles. The van der Waals surface area contributed by atoms with Crippen LogP contribution in [0.3, 0.4) is 0 Å². The van der Waals surface area contributed by atoms with Crippen LogP contribution in [0.4, 0.5) is 11.6 Å². The Morgan fingerprint density at radius 1 is 1.03 bits per heavy atom. The van der Waals surface area contributed by atoms with E-state index in [1.807, 2.05) is 12.1 Å². The molecule has 9 nitrogen and oxygen atoms in total. The van der Waals surface area contributed by atoms with Crippen molar-refractivity contribution < 1.29 is 8.42 Å². The van der Waals surface area contributed by atoms with Crippen LogP contribution in [0.2, 0.25) is 5.02 Å². The van der Waals surface area contributed by atoms with Crippen molar-refractivity contribution in [3.8, 4) is 0 Å². The number of rotatable bonds is 4. The molecule has 0 saturated carbocycles. The number of anilines is 2. The van der Waals surface area contributed by atoms with E-state index >= 15 is 0 Å². The van der Waals surface area contributed by atoms with Gasteiger partial charge in [-0.1, -0.05) is 11.6 Å². The molecule has 5 aromatic rings. The molecule has 160 valence electrons. The van der Waals surface area contributed by atoms with Crippen molar-refractivity contribution in [2.24, 2.45) is 7.05 Å². The second kappa shape index (κ2) is 7.43. The number of hydrogen-bond acceptors (Lipinski definition) is 7. The van der Waals surface area contributed by atoms with Gasteiger partial charge in [-0.25, -0.2) is 18.4 Å². The van der Waals surface area contributed by atoms with Crippen LogP contribution in [0.5, 0.6) is 0 Å². The summed E-state index contributed by atoms with van der Waals surface area (Å²) in [5.74, 6) is 0.248. The van der Waals surface area contributed by atoms with E-state index in [0.29, 0.717) is 21.7 Å². The van der Waals surface area contributed by atoms with Crippen LogP contribution in [-0.4, -0.2) is 32.9 Å². The highest BCUT2D eigenvalue weighted by molar-refractivity contribution is 7.91. The molecule has 0 aliphatic heterocycles. The molecular formula is C21H15ClN6O3S. The van der Waals surface area contributed by atoms with Crippen molar-refractivity contribution in [1.29, 1.82) is 0 Å². The molecule has 2 N–H and O–H groups in total. The zero-order chi connectivity index (χ0) is 22.5. The van der Waals surface area contributed by atoms with Crippen LogP contribution in [0.15, 0.2) is 75.6 Å². The number of nitrogens with zero attached hydrogens (tertiary/aromatic N) is 4. The Balaban J connectivity index is 1.57. The van der Waals surface area contributed by atoms with E-state index in [-0.39, 0.29) is 15.7 Å². The number of aryl methyl sites for hydroxylation is 1. The number of H-pyrrole nitrogens is 1. The predicted molar refractivity (Wildman–Crippen MR) is 121 cm³/mol. The number of pyridine rings is 2. The van der Waals surface area contributed by atoms with Crippen LogP contribution in [0.25, 0.3) is 22.1 Å². The first-order valence-corrected chi connectivity index (χ1v) is 11.3. The smallest absolute Gasteiger partial charge is 0.271 e. The first-order chi connectivity index (χ1) is 15.3. The molecule has 32 heavy (non-hydrogen) atoms. The number of nitrogens with one attached hydrogen (secondary N) is 2. The molecule has 0 saturated heterocycles. The maximum Gasteiger partial charge on any atom is 0.271 e. The Morgan fingerprint density at radius 2 is 1.81 bits per heavy atom. The summed E-state index contributed by atoms with van der Waals surface area (Å²) in [5, 5.41) is 4.78. The van der Waals surface area contributed by atoms with E-state index in [9.17, 15) is 13.2 Å². The Hall–Kier alpha value is -3.76. The highest BCUT2D eigenvalue weighted by atomic mass is 35.5. The molecule has 0 fully saturated rings. The van der Waals surface area contributed by atoms with Crippen LogP contribution >= 0.6 is 11.6 Å². The number of benzene rings is 1. The van der Waals surface area contributed by atoms with Gasteiger partial charge in [0.2, 0.25) is 15.8 Å². The summed E-state index contributed by atoms with van der Waals surface area (Å²) in [6.45, 7) is 0. The molecule has 5 rings (SSSR count). The predicted octanol–water partition coefficient (Wildman–Crippen LogP) is 3.43. The third kappa shape index (κ3) is 3.39. The lowest BCUT2D eigenvalue weighted by molar-refractivity contribution is 0.593. The molecular weight excluding hydrogens is 452 g/mol. The Labute approximate surface area is 186 Å². The van der Waals surface area contributed by atoms with Gasteiger partial charge in [0.15, 0.2) is 0 Å². The van der Waals surface area contributed by atoms with Gasteiger partial charge in [-0.2, -0.15) is 4.98 Å². The average molecular weight is 467 g/mol. The maximum absolute atomic E-state index is 13.0. The van der Waals surface area contributed by atoms with Crippen molar-refractivity contribution in [1.82, 2.24) is 24.5 Å². The first kappa shape index (κ1) is 20.2. The number of hydrogen-bond donors (Lipinski definition) is 2. The molecule has 0 spiro atoms. The third-order valence-corrected chi connectivity index (χ3v) is 7.00. The highest BCUT2D eigenvalue weighted by Gasteiger charge is 2.24. The van der Waals surface area contributed by atoms with Gasteiger partial charge in [0.25, 0.3) is 5.56 Å². The Bertz CT molecular complexity index is 1660. The summed E-state index contributed by atoms with van der Waals surface area (Å²) in [6.07, 6.45) is 4.89. The van der Waals surface area contributed by atoms with Crippen LogP contribution in [0.1, 0.15) is 0 Å². The number of aromatic nitrogens is 5. The summed E-state index contributed by atoms with van der Waals surface area (Å²) in [7, 11) is -2.58. The molecule has 0 aliphatic carbocycles. The van der Waals surface area contributed by atoms with Gasteiger partial charge >= 0.3 is 0 Å². The van der Waals surface area contributed by atoms with Crippen molar-refractivity contribution in [2.45, 2.75) is 9.79 Å². The van der Waals surface area contributed by atoms with Gasteiger partial charge in [-0.15, -0.1) is 0 Å². The van der Waals surface area contributed by atoms with Gasteiger partial charge in [-0.05, 0) is 42.5 Å². The number of sulfone groups is 1. The van der Waals surface area contributed by atoms with E-state index in [4.69, 9.17) is 11.6 Å². The van der Waals surface area contributed by atoms with Gasteiger partial charge < -0.3 is 10.3 Å². The standard InChI is InChI=1S/C21H15ClN6O3S/c1-28-19-13(9-17(20(28)29)32(30,31)16-4-2-14(22)3-5-16)10-25-21(27-19)26-15-8-12-6-7-23-18(12)24-11-15/h2-11H,1H3,(H,23,24)(H,25,26,27). The second-order valence-corrected chi connectivity index (χ2v) is 9.42. The Kier molecular flexibility index (Phi) is 4.68. The van der Waals surface area contributed by atoms with Gasteiger partial charge in [0.1, 0.15) is 16.2 Å². The highest BCUT2D eigenvalue weighted by Crippen LogP contribution is 2.24. The van der Waals surface area contributed by atoms with Crippen LogP contribution < -0.4 is 10.9 Å². The summed E-state index contributed by atoms with van der Waals surface area (Å²) < 4.78 is 27.3. The average Bonchev–Trinajstić information content (AvgIpc) is 3.24. The molecule has 4 heterocycles.